The van der Waals surface area contributed by atoms with Crippen LogP contribution >= 0.6 is 0 Å². The molecule has 1 amide bonds. The van der Waals surface area contributed by atoms with Gasteiger partial charge in [-0.05, 0) is 13.5 Å². The topological polar surface area (TPSA) is 41.1 Å². The van der Waals surface area contributed by atoms with Gasteiger partial charge in [0, 0.05) is 13.0 Å². The minimum absolute atomic E-state index is 0.00130. The molecule has 68 valence electrons. The van der Waals surface area contributed by atoms with E-state index in [1.807, 2.05) is 6.92 Å². The predicted molar refractivity (Wildman–Crippen MR) is 49.6 cm³/mol. The smallest absolute Gasteiger partial charge is 0.222 e. The summed E-state index contributed by atoms with van der Waals surface area (Å²) in [6.07, 6.45) is 5.58. The molecule has 0 aromatic heterocycles. The Hall–Kier alpha value is -1.01. The summed E-state index contributed by atoms with van der Waals surface area (Å²) in [5.41, 5.74) is 0. The number of terminal acetylenes is 1. The van der Waals surface area contributed by atoms with E-state index in [9.17, 15) is 4.79 Å². The molecule has 0 aliphatic carbocycles. The van der Waals surface area contributed by atoms with E-state index >= 15 is 0 Å². The minimum atomic E-state index is -0.167. The maximum absolute atomic E-state index is 11.0. The van der Waals surface area contributed by atoms with Crippen LogP contribution in [0.4, 0.5) is 0 Å². The van der Waals surface area contributed by atoms with E-state index in [0.717, 1.165) is 6.54 Å². The molecule has 12 heavy (non-hydrogen) atoms. The molecule has 0 rings (SSSR count). The highest BCUT2D eigenvalue weighted by molar-refractivity contribution is 5.76. The van der Waals surface area contributed by atoms with Crippen LogP contribution in [0, 0.1) is 12.3 Å². The second kappa shape index (κ2) is 6.68. The molecule has 0 aliphatic heterocycles. The van der Waals surface area contributed by atoms with E-state index in [1.165, 1.54) is 0 Å². The first-order chi connectivity index (χ1) is 5.70. The van der Waals surface area contributed by atoms with Crippen molar-refractivity contribution in [3.63, 3.8) is 0 Å². The van der Waals surface area contributed by atoms with Gasteiger partial charge in [0.05, 0.1) is 6.04 Å². The van der Waals surface area contributed by atoms with E-state index in [2.05, 4.69) is 16.6 Å². The van der Waals surface area contributed by atoms with Gasteiger partial charge in [0.15, 0.2) is 0 Å². The quantitative estimate of drug-likeness (QED) is 0.452. The van der Waals surface area contributed by atoms with Gasteiger partial charge in [-0.15, -0.1) is 6.42 Å². The number of carbonyl (C=O) groups is 1. The van der Waals surface area contributed by atoms with Gasteiger partial charge in [0.1, 0.15) is 0 Å². The van der Waals surface area contributed by atoms with E-state index in [1.54, 1.807) is 6.92 Å². The highest BCUT2D eigenvalue weighted by Gasteiger charge is 2.02. The Morgan fingerprint density at radius 1 is 1.67 bits per heavy atom. The maximum Gasteiger partial charge on any atom is 0.222 e. The van der Waals surface area contributed by atoms with E-state index in [-0.39, 0.29) is 11.9 Å². The summed E-state index contributed by atoms with van der Waals surface area (Å²) in [6.45, 7) is 5.38. The third-order valence-corrected chi connectivity index (χ3v) is 1.41. The lowest BCUT2D eigenvalue weighted by Gasteiger charge is -2.07. The van der Waals surface area contributed by atoms with Crippen LogP contribution in [0.3, 0.4) is 0 Å². The van der Waals surface area contributed by atoms with Gasteiger partial charge in [-0.1, -0.05) is 12.8 Å². The molecule has 0 aromatic carbocycles. The fourth-order valence-corrected chi connectivity index (χ4v) is 0.734. The molecule has 0 aromatic rings. The largest absolute Gasteiger partial charge is 0.343 e. The molecule has 3 nitrogen and oxygen atoms in total. The number of hydrogen-bond acceptors (Lipinski definition) is 2. The lowest BCUT2D eigenvalue weighted by molar-refractivity contribution is -0.121. The van der Waals surface area contributed by atoms with Crippen molar-refractivity contribution >= 4 is 5.91 Å². The third kappa shape index (κ3) is 5.75. The van der Waals surface area contributed by atoms with Crippen molar-refractivity contribution in [1.82, 2.24) is 10.6 Å². The van der Waals surface area contributed by atoms with Crippen LogP contribution in [0.1, 0.15) is 20.3 Å². The SMILES string of the molecule is C#CC(C)NC(=O)CCNCC. The first-order valence-electron chi connectivity index (χ1n) is 4.17. The Bertz CT molecular complexity index is 172. The zero-order valence-corrected chi connectivity index (χ0v) is 7.68. The Morgan fingerprint density at radius 2 is 2.33 bits per heavy atom. The minimum Gasteiger partial charge on any atom is -0.343 e. The molecule has 2 N–H and O–H groups in total. The normalized spacial score (nSPS) is 11.8. The number of carbonyl (C=O) groups excluding carboxylic acids is 1. The molecule has 0 bridgehead atoms. The highest BCUT2D eigenvalue weighted by atomic mass is 16.1. The molecule has 0 saturated heterocycles. The molecule has 0 radical (unpaired) electrons. The average Bonchev–Trinajstić information content (AvgIpc) is 2.05. The zero-order chi connectivity index (χ0) is 9.40. The van der Waals surface area contributed by atoms with E-state index in [4.69, 9.17) is 6.42 Å². The Kier molecular flexibility index (Phi) is 6.12. The van der Waals surface area contributed by atoms with E-state index < -0.39 is 0 Å². The first kappa shape index (κ1) is 11.0. The van der Waals surface area contributed by atoms with Crippen molar-refractivity contribution in [1.29, 1.82) is 0 Å². The number of rotatable bonds is 5. The molecule has 0 aliphatic rings. The van der Waals surface area contributed by atoms with Gasteiger partial charge in [-0.3, -0.25) is 4.79 Å². The van der Waals surface area contributed by atoms with Crippen molar-refractivity contribution in [2.24, 2.45) is 0 Å². The molecule has 1 unspecified atom stereocenters. The van der Waals surface area contributed by atoms with Crippen molar-refractivity contribution in [2.75, 3.05) is 13.1 Å². The molecule has 0 spiro atoms. The van der Waals surface area contributed by atoms with Crippen molar-refractivity contribution in [3.05, 3.63) is 0 Å². The zero-order valence-electron chi connectivity index (χ0n) is 7.68. The van der Waals surface area contributed by atoms with Crippen LogP contribution in [-0.4, -0.2) is 25.0 Å². The summed E-state index contributed by atoms with van der Waals surface area (Å²) in [6, 6.07) is -0.167. The van der Waals surface area contributed by atoms with Gasteiger partial charge in [-0.25, -0.2) is 0 Å². The van der Waals surface area contributed by atoms with Crippen LogP contribution in [0.2, 0.25) is 0 Å². The van der Waals surface area contributed by atoms with Crippen LogP contribution in [0.5, 0.6) is 0 Å². The second-order valence-electron chi connectivity index (χ2n) is 2.56. The maximum atomic E-state index is 11.0. The Labute approximate surface area is 73.9 Å². The van der Waals surface area contributed by atoms with Gasteiger partial charge in [0.2, 0.25) is 5.91 Å². The lowest BCUT2D eigenvalue weighted by atomic mass is 10.3. The first-order valence-corrected chi connectivity index (χ1v) is 4.17. The predicted octanol–water partition coefficient (Wildman–Crippen LogP) is 0.124. The summed E-state index contributed by atoms with van der Waals surface area (Å²) in [5.74, 6) is 2.44. The summed E-state index contributed by atoms with van der Waals surface area (Å²) in [7, 11) is 0. The lowest BCUT2D eigenvalue weighted by Crippen LogP contribution is -2.33. The van der Waals surface area contributed by atoms with E-state index in [0.29, 0.717) is 13.0 Å². The van der Waals surface area contributed by atoms with Gasteiger partial charge >= 0.3 is 0 Å². The standard InChI is InChI=1S/C9H16N2O/c1-4-8(3)11-9(12)6-7-10-5-2/h1,8,10H,5-7H2,2-3H3,(H,11,12). The number of amides is 1. The van der Waals surface area contributed by atoms with Crippen LogP contribution < -0.4 is 10.6 Å². The molecular weight excluding hydrogens is 152 g/mol. The third-order valence-electron chi connectivity index (χ3n) is 1.41. The molecular formula is C9H16N2O. The highest BCUT2D eigenvalue weighted by Crippen LogP contribution is 1.81. The van der Waals surface area contributed by atoms with Gasteiger partial charge in [0.25, 0.3) is 0 Å². The van der Waals surface area contributed by atoms with Gasteiger partial charge < -0.3 is 10.6 Å². The van der Waals surface area contributed by atoms with Crippen molar-refractivity contribution in [3.8, 4) is 12.3 Å². The molecule has 1 atom stereocenters. The molecule has 0 saturated carbocycles. The van der Waals surface area contributed by atoms with Crippen LogP contribution in [0.15, 0.2) is 0 Å². The molecule has 0 fully saturated rings. The fraction of sp³-hybridized carbons (Fsp3) is 0.667. The molecule has 0 heterocycles. The number of nitrogens with one attached hydrogen (secondary N) is 2. The summed E-state index contributed by atoms with van der Waals surface area (Å²) in [5, 5.41) is 5.73. The van der Waals surface area contributed by atoms with Crippen LogP contribution in [0.25, 0.3) is 0 Å². The van der Waals surface area contributed by atoms with Crippen LogP contribution in [-0.2, 0) is 4.79 Å². The van der Waals surface area contributed by atoms with Gasteiger partial charge in [-0.2, -0.15) is 0 Å². The monoisotopic (exact) mass is 168 g/mol. The Balaban J connectivity index is 3.41. The molecule has 3 heteroatoms. The summed E-state index contributed by atoms with van der Waals surface area (Å²) >= 11 is 0. The number of hydrogen-bond donors (Lipinski definition) is 2. The average molecular weight is 168 g/mol. The Morgan fingerprint density at radius 3 is 2.83 bits per heavy atom. The second-order valence-corrected chi connectivity index (χ2v) is 2.56. The summed E-state index contributed by atoms with van der Waals surface area (Å²) < 4.78 is 0. The fourth-order valence-electron chi connectivity index (χ4n) is 0.734. The summed E-state index contributed by atoms with van der Waals surface area (Å²) in [4.78, 5) is 11.0. The van der Waals surface area contributed by atoms with Crippen molar-refractivity contribution < 1.29 is 4.79 Å². The van der Waals surface area contributed by atoms with Crippen molar-refractivity contribution in [2.45, 2.75) is 26.3 Å².